The van der Waals surface area contributed by atoms with Crippen molar-refractivity contribution in [3.63, 3.8) is 0 Å². The maximum atomic E-state index is 13.8. The molecule has 3 heterocycles. The van der Waals surface area contributed by atoms with Crippen LogP contribution >= 0.6 is 0 Å². The van der Waals surface area contributed by atoms with Crippen LogP contribution < -0.4 is 25.5 Å². The van der Waals surface area contributed by atoms with Gasteiger partial charge in [-0.3, -0.25) is 15.2 Å². The Balaban J connectivity index is 1.34. The molecule has 15 heteroatoms. The number of hydrogen-bond acceptors (Lipinski definition) is 12. The van der Waals surface area contributed by atoms with E-state index in [2.05, 4.69) is 21.0 Å². The monoisotopic (exact) mass is 749 g/mol. The molecule has 2 fully saturated rings. The lowest BCUT2D eigenvalue weighted by Gasteiger charge is -2.34. The molecule has 0 spiro atoms. The number of rotatable bonds is 16. The molecule has 0 saturated carbocycles. The van der Waals surface area contributed by atoms with Crippen molar-refractivity contribution in [3.05, 3.63) is 89.7 Å². The van der Waals surface area contributed by atoms with E-state index in [0.717, 1.165) is 16.7 Å². The molecule has 54 heavy (non-hydrogen) atoms. The molecule has 5 rings (SSSR count). The Bertz CT molecular complexity index is 1650. The summed E-state index contributed by atoms with van der Waals surface area (Å²) >= 11 is 0. The van der Waals surface area contributed by atoms with E-state index < -0.39 is 54.1 Å². The number of ether oxygens (including phenoxy) is 6. The normalized spacial score (nSPS) is 19.6. The Hall–Kier alpha value is -4.96. The van der Waals surface area contributed by atoms with E-state index in [1.165, 1.54) is 7.11 Å². The van der Waals surface area contributed by atoms with E-state index in [4.69, 9.17) is 28.4 Å². The number of pyridine rings is 1. The summed E-state index contributed by atoms with van der Waals surface area (Å²) < 4.78 is 33.0. The molecule has 0 aliphatic carbocycles. The molecule has 292 valence electrons. The van der Waals surface area contributed by atoms with Crippen LogP contribution in [-0.2, 0) is 43.3 Å². The molecular formula is C39H51N5O10. The molecule has 1 aromatic heterocycles. The average Bonchev–Trinajstić information content (AvgIpc) is 3.78. The summed E-state index contributed by atoms with van der Waals surface area (Å²) in [7, 11) is 2.79. The summed E-state index contributed by atoms with van der Waals surface area (Å²) in [5.41, 5.74) is 4.73. The minimum absolute atomic E-state index is 0.0621. The fraction of sp³-hybridized carbons (Fsp3) is 0.487. The summed E-state index contributed by atoms with van der Waals surface area (Å²) in [4.78, 5) is 43.5. The van der Waals surface area contributed by atoms with Crippen LogP contribution in [0.25, 0.3) is 0 Å². The van der Waals surface area contributed by atoms with E-state index in [9.17, 15) is 19.5 Å². The molecule has 2 saturated heterocycles. The molecule has 4 N–H and O–H groups in total. The highest BCUT2D eigenvalue weighted by molar-refractivity contribution is 5.86. The third-order valence-electron chi connectivity index (χ3n) is 9.30. The third-order valence-corrected chi connectivity index (χ3v) is 9.30. The fourth-order valence-corrected chi connectivity index (χ4v) is 6.31. The Labute approximate surface area is 315 Å². The smallest absolute Gasteiger partial charge is 0.407 e. The summed E-state index contributed by atoms with van der Waals surface area (Å²) in [6.07, 6.45) is 0.816. The highest BCUT2D eigenvalue weighted by atomic mass is 16.7. The topological polar surface area (TPSA) is 179 Å². The number of aliphatic hydroxyl groups is 1. The lowest BCUT2D eigenvalue weighted by Crippen LogP contribution is -2.59. The van der Waals surface area contributed by atoms with Gasteiger partial charge in [0.05, 0.1) is 45.5 Å². The molecule has 2 aromatic carbocycles. The number of aromatic nitrogens is 1. The van der Waals surface area contributed by atoms with Crippen LogP contribution in [0.4, 0.5) is 9.59 Å². The SMILES string of the molecule is COC(=O)N[C@H](C(=O)NN(Cc1ccc(OCc2cccnc2)cc1)C[C@H](O)[C@H](Cc1ccc(OC)cc1)NC(=O)O[C@H]1CO[C@H]2OCC[C@H]21)C(C)(C)C. The van der Waals surface area contributed by atoms with Gasteiger partial charge < -0.3 is 44.2 Å². The van der Waals surface area contributed by atoms with E-state index in [1.807, 2.05) is 69.3 Å². The van der Waals surface area contributed by atoms with Gasteiger partial charge in [0.1, 0.15) is 30.3 Å². The van der Waals surface area contributed by atoms with E-state index in [1.54, 1.807) is 36.6 Å². The number of aliphatic hydroxyl groups excluding tert-OH is 1. The molecule has 3 aromatic rings. The molecular weight excluding hydrogens is 698 g/mol. The lowest BCUT2D eigenvalue weighted by atomic mass is 9.86. The number of hydrazine groups is 1. The fourth-order valence-electron chi connectivity index (χ4n) is 6.31. The first-order valence-corrected chi connectivity index (χ1v) is 17.9. The maximum absolute atomic E-state index is 13.8. The highest BCUT2D eigenvalue weighted by Crippen LogP contribution is 2.33. The summed E-state index contributed by atoms with van der Waals surface area (Å²) in [5, 5.41) is 18.9. The predicted molar refractivity (Wildman–Crippen MR) is 196 cm³/mol. The predicted octanol–water partition coefficient (Wildman–Crippen LogP) is 3.73. The summed E-state index contributed by atoms with van der Waals surface area (Å²) in [6, 6.07) is 16.5. The van der Waals surface area contributed by atoms with Gasteiger partial charge in [-0.15, -0.1) is 0 Å². The lowest BCUT2D eigenvalue weighted by molar-refractivity contribution is -0.131. The van der Waals surface area contributed by atoms with Crippen LogP contribution in [-0.4, -0.2) is 97.8 Å². The number of nitrogens with zero attached hydrogens (tertiary/aromatic N) is 2. The zero-order valence-electron chi connectivity index (χ0n) is 31.4. The number of amides is 3. The van der Waals surface area contributed by atoms with Crippen LogP contribution in [0.15, 0.2) is 73.1 Å². The molecule has 15 nitrogen and oxygen atoms in total. The molecule has 2 aliphatic rings. The van der Waals surface area contributed by atoms with Crippen molar-refractivity contribution in [3.8, 4) is 11.5 Å². The van der Waals surface area contributed by atoms with Gasteiger partial charge in [-0.25, -0.2) is 14.6 Å². The quantitative estimate of drug-likeness (QED) is 0.156. The largest absolute Gasteiger partial charge is 0.497 e. The first-order valence-electron chi connectivity index (χ1n) is 17.9. The van der Waals surface area contributed by atoms with Gasteiger partial charge in [0, 0.05) is 31.0 Å². The van der Waals surface area contributed by atoms with Gasteiger partial charge >= 0.3 is 12.2 Å². The van der Waals surface area contributed by atoms with Gasteiger partial charge in [0.15, 0.2) is 6.29 Å². The number of alkyl carbamates (subject to hydrolysis) is 2. The first-order chi connectivity index (χ1) is 25.9. The van der Waals surface area contributed by atoms with Crippen molar-refractivity contribution >= 4 is 18.1 Å². The molecule has 0 unspecified atom stereocenters. The Morgan fingerprint density at radius 1 is 0.944 bits per heavy atom. The summed E-state index contributed by atoms with van der Waals surface area (Å²) in [6.45, 7) is 6.57. The second-order valence-corrected chi connectivity index (χ2v) is 14.4. The van der Waals surface area contributed by atoms with Crippen molar-refractivity contribution in [1.29, 1.82) is 0 Å². The van der Waals surface area contributed by atoms with Gasteiger partial charge in [-0.05, 0) is 59.7 Å². The second-order valence-electron chi connectivity index (χ2n) is 14.4. The van der Waals surface area contributed by atoms with Gasteiger partial charge in [-0.2, -0.15) is 0 Å². The number of fused-ring (bicyclic) bond motifs is 1. The van der Waals surface area contributed by atoms with E-state index in [0.29, 0.717) is 31.1 Å². The Morgan fingerprint density at radius 2 is 1.67 bits per heavy atom. The Morgan fingerprint density at radius 3 is 2.33 bits per heavy atom. The first kappa shape index (κ1) is 40.2. The van der Waals surface area contributed by atoms with Gasteiger partial charge in [0.2, 0.25) is 0 Å². The summed E-state index contributed by atoms with van der Waals surface area (Å²) in [5.74, 6) is 0.714. The number of nitrogens with one attached hydrogen (secondary N) is 3. The second kappa shape index (κ2) is 18.9. The minimum Gasteiger partial charge on any atom is -0.497 e. The number of methoxy groups -OCH3 is 2. The third kappa shape index (κ3) is 11.5. The molecule has 6 atom stereocenters. The van der Waals surface area contributed by atoms with Crippen molar-refractivity contribution in [2.24, 2.45) is 11.3 Å². The maximum Gasteiger partial charge on any atom is 0.407 e. The number of hydrogen-bond donors (Lipinski definition) is 4. The van der Waals surface area contributed by atoms with Crippen molar-refractivity contribution in [2.75, 3.05) is 34.0 Å². The van der Waals surface area contributed by atoms with Gasteiger partial charge in [-0.1, -0.05) is 51.1 Å². The molecule has 0 bridgehead atoms. The van der Waals surface area contributed by atoms with E-state index in [-0.39, 0.29) is 32.0 Å². The zero-order valence-corrected chi connectivity index (χ0v) is 31.4. The highest BCUT2D eigenvalue weighted by Gasteiger charge is 2.44. The molecule has 3 amide bonds. The number of benzene rings is 2. The molecule has 2 aliphatic heterocycles. The number of carbonyl (C=O) groups is 3. The van der Waals surface area contributed by atoms with Crippen molar-refractivity contribution < 1.29 is 47.9 Å². The van der Waals surface area contributed by atoms with Crippen LogP contribution in [0, 0.1) is 11.3 Å². The van der Waals surface area contributed by atoms with Crippen molar-refractivity contribution in [1.82, 2.24) is 26.1 Å². The van der Waals surface area contributed by atoms with Crippen molar-refractivity contribution in [2.45, 2.75) is 77.3 Å². The minimum atomic E-state index is -1.22. The van der Waals surface area contributed by atoms with E-state index >= 15 is 0 Å². The van der Waals surface area contributed by atoms with Crippen LogP contribution in [0.3, 0.4) is 0 Å². The zero-order chi connectivity index (χ0) is 38.7. The average molecular weight is 750 g/mol. The molecule has 0 radical (unpaired) electrons. The Kier molecular flexibility index (Phi) is 14.1. The number of carbonyl (C=O) groups excluding carboxylic acids is 3. The van der Waals surface area contributed by atoms with Crippen LogP contribution in [0.2, 0.25) is 0 Å². The van der Waals surface area contributed by atoms with Crippen LogP contribution in [0.1, 0.15) is 43.9 Å². The van der Waals surface area contributed by atoms with Gasteiger partial charge in [0.25, 0.3) is 5.91 Å². The standard InChI is InChI=1S/C39H51N5O10/c1-39(2,3)34(42-37(47)50-5)35(46)43-44(21-26-10-14-29(15-11-26)52-23-27-7-6-17-40-20-27)22-32(45)31(19-25-8-12-28(49-4)13-9-25)41-38(48)54-33-24-53-36-30(33)16-18-51-36/h6-15,17,20,30-34,36,45H,16,18-19,21-24H2,1-5H3,(H,41,48)(H,42,47)(H,43,46)/t30-,31-,32-,33-,34+,36+/m0/s1. The van der Waals surface area contributed by atoms with Crippen LogP contribution in [0.5, 0.6) is 11.5 Å².